The predicted molar refractivity (Wildman–Crippen MR) is 74.2 cm³/mol. The largest absolute Gasteiger partial charge is 0.493 e. The number of aliphatic hydroxyl groups excluding tert-OH is 2. The first-order chi connectivity index (χ1) is 9.67. The fourth-order valence-corrected chi connectivity index (χ4v) is 1.85. The van der Waals surface area contributed by atoms with Gasteiger partial charge in [0, 0.05) is 6.20 Å². The van der Waals surface area contributed by atoms with E-state index >= 15 is 0 Å². The normalized spacial score (nSPS) is 10.4. The third-order valence-electron chi connectivity index (χ3n) is 2.66. The highest BCUT2D eigenvalue weighted by Gasteiger charge is 2.11. The second-order valence-electron chi connectivity index (χ2n) is 4.03. The minimum atomic E-state index is -0.137. The Morgan fingerprint density at radius 3 is 2.45 bits per heavy atom. The van der Waals surface area contributed by atoms with E-state index in [0.717, 1.165) is 0 Å². The van der Waals surface area contributed by atoms with Crippen molar-refractivity contribution in [3.8, 4) is 17.4 Å². The smallest absolute Gasteiger partial charge is 0.238 e. The molecule has 0 saturated heterocycles. The maximum absolute atomic E-state index is 9.09. The van der Waals surface area contributed by atoms with Crippen LogP contribution in [0.2, 0.25) is 5.02 Å². The van der Waals surface area contributed by atoms with Crippen molar-refractivity contribution < 1.29 is 19.7 Å². The number of pyridine rings is 1. The Kier molecular flexibility index (Phi) is 4.79. The zero-order valence-corrected chi connectivity index (χ0v) is 11.6. The van der Waals surface area contributed by atoms with Crippen LogP contribution in [-0.2, 0) is 13.2 Å². The molecule has 2 N–H and O–H groups in total. The number of benzene rings is 1. The molecule has 0 fully saturated rings. The lowest BCUT2D eigenvalue weighted by Crippen LogP contribution is -1.95. The van der Waals surface area contributed by atoms with Gasteiger partial charge in [-0.15, -0.1) is 0 Å². The number of halogens is 1. The monoisotopic (exact) mass is 295 g/mol. The van der Waals surface area contributed by atoms with Crippen LogP contribution in [0.5, 0.6) is 17.4 Å². The molecule has 1 aromatic heterocycles. The first-order valence-electron chi connectivity index (χ1n) is 5.89. The van der Waals surface area contributed by atoms with E-state index < -0.39 is 0 Å². The van der Waals surface area contributed by atoms with Gasteiger partial charge in [0.05, 0.1) is 20.3 Å². The van der Waals surface area contributed by atoms with E-state index in [-0.39, 0.29) is 19.1 Å². The molecule has 0 unspecified atom stereocenters. The van der Waals surface area contributed by atoms with Gasteiger partial charge < -0.3 is 19.7 Å². The minimum absolute atomic E-state index is 0.0825. The molecule has 2 aromatic rings. The van der Waals surface area contributed by atoms with Crippen LogP contribution in [0.1, 0.15) is 11.1 Å². The summed E-state index contributed by atoms with van der Waals surface area (Å²) < 4.78 is 10.8. The van der Waals surface area contributed by atoms with Gasteiger partial charge in [-0.25, -0.2) is 4.98 Å². The maximum atomic E-state index is 9.09. The average molecular weight is 296 g/mol. The Bertz CT molecular complexity index is 604. The van der Waals surface area contributed by atoms with Crippen molar-refractivity contribution in [2.24, 2.45) is 0 Å². The van der Waals surface area contributed by atoms with Crippen LogP contribution in [-0.4, -0.2) is 22.3 Å². The number of hydrogen-bond acceptors (Lipinski definition) is 5. The predicted octanol–water partition coefficient (Wildman–Crippen LogP) is 2.52. The molecule has 0 saturated carbocycles. The van der Waals surface area contributed by atoms with Crippen LogP contribution in [0.25, 0.3) is 0 Å². The van der Waals surface area contributed by atoms with Crippen molar-refractivity contribution in [1.82, 2.24) is 4.98 Å². The molecule has 2 rings (SSSR count). The first kappa shape index (κ1) is 14.6. The quantitative estimate of drug-likeness (QED) is 0.887. The highest BCUT2D eigenvalue weighted by molar-refractivity contribution is 6.31. The lowest BCUT2D eigenvalue weighted by Gasteiger charge is -2.12. The molecule has 0 aliphatic carbocycles. The molecular weight excluding hydrogens is 282 g/mol. The fourth-order valence-electron chi connectivity index (χ4n) is 1.63. The standard InChI is InChI=1S/C14H14ClNO4/c1-19-13-5-9(7-17)2-3-12(13)20-14-11(15)4-10(8-18)6-16-14/h2-6,17-18H,7-8H2,1H3. The molecule has 0 radical (unpaired) electrons. The van der Waals surface area contributed by atoms with Gasteiger partial charge in [0.1, 0.15) is 5.02 Å². The van der Waals surface area contributed by atoms with Gasteiger partial charge in [-0.1, -0.05) is 17.7 Å². The maximum Gasteiger partial charge on any atom is 0.238 e. The molecule has 0 bridgehead atoms. The van der Waals surface area contributed by atoms with Crippen molar-refractivity contribution in [2.45, 2.75) is 13.2 Å². The lowest BCUT2D eigenvalue weighted by molar-refractivity contribution is 0.280. The molecule has 0 aliphatic rings. The summed E-state index contributed by atoms with van der Waals surface area (Å²) in [6, 6.07) is 6.64. The molecule has 5 nitrogen and oxygen atoms in total. The van der Waals surface area contributed by atoms with E-state index in [2.05, 4.69) is 4.98 Å². The topological polar surface area (TPSA) is 71.8 Å². The Morgan fingerprint density at radius 1 is 1.10 bits per heavy atom. The van der Waals surface area contributed by atoms with Gasteiger partial charge in [0.2, 0.25) is 5.88 Å². The highest BCUT2D eigenvalue weighted by atomic mass is 35.5. The molecule has 0 atom stereocenters. The lowest BCUT2D eigenvalue weighted by atomic mass is 10.2. The summed E-state index contributed by atoms with van der Waals surface area (Å²) >= 11 is 6.03. The van der Waals surface area contributed by atoms with E-state index in [1.807, 2.05) is 0 Å². The summed E-state index contributed by atoms with van der Waals surface area (Å²) in [4.78, 5) is 4.04. The Balaban J connectivity index is 2.29. The molecule has 0 aliphatic heterocycles. The highest BCUT2D eigenvalue weighted by Crippen LogP contribution is 2.34. The first-order valence-corrected chi connectivity index (χ1v) is 6.26. The van der Waals surface area contributed by atoms with Crippen LogP contribution in [0.3, 0.4) is 0 Å². The second kappa shape index (κ2) is 6.56. The number of aromatic nitrogens is 1. The molecule has 20 heavy (non-hydrogen) atoms. The number of methoxy groups -OCH3 is 1. The summed E-state index contributed by atoms with van der Waals surface area (Å²) in [5, 5.41) is 18.4. The van der Waals surface area contributed by atoms with Gasteiger partial charge >= 0.3 is 0 Å². The molecule has 6 heteroatoms. The summed E-state index contributed by atoms with van der Waals surface area (Å²) in [6.07, 6.45) is 1.48. The van der Waals surface area contributed by atoms with E-state index in [9.17, 15) is 0 Å². The number of aliphatic hydroxyl groups is 2. The van der Waals surface area contributed by atoms with E-state index in [1.165, 1.54) is 13.3 Å². The van der Waals surface area contributed by atoms with E-state index in [4.69, 9.17) is 31.3 Å². The third kappa shape index (κ3) is 3.19. The van der Waals surface area contributed by atoms with Crippen LogP contribution in [0.4, 0.5) is 0 Å². The van der Waals surface area contributed by atoms with Gasteiger partial charge in [-0.2, -0.15) is 0 Å². The van der Waals surface area contributed by atoms with Crippen LogP contribution >= 0.6 is 11.6 Å². The molecule has 1 aromatic carbocycles. The van der Waals surface area contributed by atoms with Crippen LogP contribution in [0.15, 0.2) is 30.5 Å². The molecular formula is C14H14ClNO4. The summed E-state index contributed by atoms with van der Waals surface area (Å²) in [6.45, 7) is -0.220. The Morgan fingerprint density at radius 2 is 1.85 bits per heavy atom. The van der Waals surface area contributed by atoms with Crippen molar-refractivity contribution >= 4 is 11.6 Å². The molecule has 1 heterocycles. The number of ether oxygens (including phenoxy) is 2. The third-order valence-corrected chi connectivity index (χ3v) is 2.93. The summed E-state index contributed by atoms with van der Waals surface area (Å²) in [5.41, 5.74) is 1.31. The van der Waals surface area contributed by atoms with Crippen molar-refractivity contribution in [1.29, 1.82) is 0 Å². The zero-order valence-electron chi connectivity index (χ0n) is 10.8. The SMILES string of the molecule is COc1cc(CO)ccc1Oc1ncc(CO)cc1Cl. The number of nitrogens with zero attached hydrogens (tertiary/aromatic N) is 1. The van der Waals surface area contributed by atoms with Gasteiger partial charge in [-0.3, -0.25) is 0 Å². The Labute approximate surface area is 121 Å². The number of hydrogen-bond donors (Lipinski definition) is 2. The zero-order chi connectivity index (χ0) is 14.5. The van der Waals surface area contributed by atoms with E-state index in [1.54, 1.807) is 24.3 Å². The minimum Gasteiger partial charge on any atom is -0.493 e. The van der Waals surface area contributed by atoms with Gasteiger partial charge in [-0.05, 0) is 29.3 Å². The molecule has 0 spiro atoms. The van der Waals surface area contributed by atoms with Crippen molar-refractivity contribution in [3.63, 3.8) is 0 Å². The van der Waals surface area contributed by atoms with Crippen molar-refractivity contribution in [3.05, 3.63) is 46.6 Å². The fraction of sp³-hybridized carbons (Fsp3) is 0.214. The van der Waals surface area contributed by atoms with Crippen molar-refractivity contribution in [2.75, 3.05) is 7.11 Å². The van der Waals surface area contributed by atoms with Crippen LogP contribution < -0.4 is 9.47 Å². The van der Waals surface area contributed by atoms with Gasteiger partial charge in [0.25, 0.3) is 0 Å². The summed E-state index contributed by atoms with van der Waals surface area (Å²) in [5.74, 6) is 1.13. The number of rotatable bonds is 5. The second-order valence-corrected chi connectivity index (χ2v) is 4.44. The van der Waals surface area contributed by atoms with E-state index in [0.29, 0.717) is 27.6 Å². The molecule has 106 valence electrons. The summed E-state index contributed by atoms with van der Waals surface area (Å²) in [7, 11) is 1.51. The average Bonchev–Trinajstić information content (AvgIpc) is 2.49. The van der Waals surface area contributed by atoms with Gasteiger partial charge in [0.15, 0.2) is 11.5 Å². The molecule has 0 amide bonds. The Hall–Kier alpha value is -1.82. The van der Waals surface area contributed by atoms with Crippen LogP contribution in [0, 0.1) is 0 Å².